The monoisotopic (exact) mass is 244 g/mol. The second-order valence-electron chi connectivity index (χ2n) is 5.81. The molecule has 2 atom stereocenters. The molecule has 2 aliphatic rings. The molecule has 1 aromatic rings. The fourth-order valence-corrected chi connectivity index (χ4v) is 3.51. The van der Waals surface area contributed by atoms with Crippen molar-refractivity contribution in [1.29, 1.82) is 0 Å². The molecule has 18 heavy (non-hydrogen) atoms. The fourth-order valence-electron chi connectivity index (χ4n) is 3.51. The molecule has 1 aromatic carbocycles. The van der Waals surface area contributed by atoms with Gasteiger partial charge in [-0.05, 0) is 50.8 Å². The summed E-state index contributed by atoms with van der Waals surface area (Å²) >= 11 is 0. The lowest BCUT2D eigenvalue weighted by Gasteiger charge is -2.39. The van der Waals surface area contributed by atoms with Crippen molar-refractivity contribution in [3.05, 3.63) is 29.8 Å². The van der Waals surface area contributed by atoms with Crippen molar-refractivity contribution in [3.63, 3.8) is 0 Å². The Labute approximate surface area is 110 Å². The Morgan fingerprint density at radius 3 is 2.94 bits per heavy atom. The summed E-state index contributed by atoms with van der Waals surface area (Å²) in [7, 11) is 0. The predicted molar refractivity (Wildman–Crippen MR) is 77.1 cm³/mol. The van der Waals surface area contributed by atoms with E-state index in [1.807, 2.05) is 0 Å². The zero-order valence-corrected chi connectivity index (χ0v) is 11.4. The third-order valence-electron chi connectivity index (χ3n) is 4.62. The third kappa shape index (κ3) is 2.39. The van der Waals surface area contributed by atoms with Gasteiger partial charge in [-0.25, -0.2) is 0 Å². The summed E-state index contributed by atoms with van der Waals surface area (Å²) in [6, 6.07) is 10.3. The van der Waals surface area contributed by atoms with E-state index in [4.69, 9.17) is 0 Å². The van der Waals surface area contributed by atoms with Crippen LogP contribution in [0.3, 0.4) is 0 Å². The number of fused-ring (bicyclic) bond motifs is 1. The summed E-state index contributed by atoms with van der Waals surface area (Å²) in [5.41, 5.74) is 2.84. The lowest BCUT2D eigenvalue weighted by atomic mass is 9.98. The molecule has 2 aliphatic heterocycles. The maximum Gasteiger partial charge on any atom is 0.0373 e. The van der Waals surface area contributed by atoms with Gasteiger partial charge < -0.3 is 5.32 Å². The van der Waals surface area contributed by atoms with Gasteiger partial charge in [-0.1, -0.05) is 24.6 Å². The van der Waals surface area contributed by atoms with E-state index in [0.29, 0.717) is 6.04 Å². The van der Waals surface area contributed by atoms with Crippen molar-refractivity contribution in [2.24, 2.45) is 0 Å². The Morgan fingerprint density at radius 2 is 2.06 bits per heavy atom. The van der Waals surface area contributed by atoms with Crippen molar-refractivity contribution in [2.45, 2.75) is 51.1 Å². The molecule has 0 aromatic heterocycles. The lowest BCUT2D eigenvalue weighted by Crippen LogP contribution is -2.47. The lowest BCUT2D eigenvalue weighted by molar-refractivity contribution is 0.107. The van der Waals surface area contributed by atoms with E-state index in [2.05, 4.69) is 41.4 Å². The van der Waals surface area contributed by atoms with Crippen molar-refractivity contribution >= 4 is 5.69 Å². The summed E-state index contributed by atoms with van der Waals surface area (Å²) < 4.78 is 0. The normalized spacial score (nSPS) is 29.2. The fraction of sp³-hybridized carbons (Fsp3) is 0.625. The van der Waals surface area contributed by atoms with Crippen molar-refractivity contribution in [2.75, 3.05) is 18.4 Å². The molecule has 0 aliphatic carbocycles. The molecule has 0 radical (unpaired) electrons. The SMILES string of the molecule is CC1CCCCN1C1CCc2ccccc2NC1. The number of piperidine rings is 1. The number of aryl methyl sites for hydroxylation is 1. The molecular formula is C16H24N2. The van der Waals surface area contributed by atoms with E-state index in [-0.39, 0.29) is 0 Å². The van der Waals surface area contributed by atoms with Crippen LogP contribution < -0.4 is 5.32 Å². The van der Waals surface area contributed by atoms with Crippen LogP contribution in [0.15, 0.2) is 24.3 Å². The minimum absolute atomic E-state index is 0.715. The number of rotatable bonds is 1. The van der Waals surface area contributed by atoms with Gasteiger partial charge in [0.2, 0.25) is 0 Å². The van der Waals surface area contributed by atoms with E-state index in [1.54, 1.807) is 0 Å². The smallest absolute Gasteiger partial charge is 0.0373 e. The van der Waals surface area contributed by atoms with Crippen LogP contribution in [0, 0.1) is 0 Å². The van der Waals surface area contributed by atoms with Gasteiger partial charge in [0, 0.05) is 24.3 Å². The first-order valence-corrected chi connectivity index (χ1v) is 7.42. The van der Waals surface area contributed by atoms with Crippen LogP contribution in [0.2, 0.25) is 0 Å². The van der Waals surface area contributed by atoms with E-state index >= 15 is 0 Å². The Balaban J connectivity index is 1.70. The molecule has 1 saturated heterocycles. The maximum absolute atomic E-state index is 3.65. The van der Waals surface area contributed by atoms with Gasteiger partial charge in [-0.15, -0.1) is 0 Å². The molecule has 98 valence electrons. The van der Waals surface area contributed by atoms with Crippen LogP contribution in [-0.2, 0) is 6.42 Å². The highest BCUT2D eigenvalue weighted by molar-refractivity contribution is 5.52. The van der Waals surface area contributed by atoms with Gasteiger partial charge in [0.25, 0.3) is 0 Å². The molecule has 0 spiro atoms. The zero-order valence-electron chi connectivity index (χ0n) is 11.4. The Hall–Kier alpha value is -1.02. The van der Waals surface area contributed by atoms with Gasteiger partial charge >= 0.3 is 0 Å². The number of anilines is 1. The van der Waals surface area contributed by atoms with Crippen LogP contribution in [0.4, 0.5) is 5.69 Å². The highest BCUT2D eigenvalue weighted by Crippen LogP contribution is 2.26. The summed E-state index contributed by atoms with van der Waals surface area (Å²) in [6.45, 7) is 4.81. The molecule has 2 unspecified atom stereocenters. The van der Waals surface area contributed by atoms with Gasteiger partial charge in [0.05, 0.1) is 0 Å². The van der Waals surface area contributed by atoms with Crippen LogP contribution in [0.1, 0.15) is 38.2 Å². The standard InChI is InChI=1S/C16H24N2/c1-13-6-4-5-11-18(13)15-10-9-14-7-2-3-8-16(14)17-12-15/h2-3,7-8,13,15,17H,4-6,9-12H2,1H3. The second kappa shape index (κ2) is 5.31. The van der Waals surface area contributed by atoms with Crippen molar-refractivity contribution in [1.82, 2.24) is 4.90 Å². The third-order valence-corrected chi connectivity index (χ3v) is 4.62. The van der Waals surface area contributed by atoms with E-state index < -0.39 is 0 Å². The number of benzene rings is 1. The molecule has 0 bridgehead atoms. The Bertz CT molecular complexity index is 375. The number of para-hydroxylation sites is 1. The van der Waals surface area contributed by atoms with Gasteiger partial charge in [0.1, 0.15) is 0 Å². The largest absolute Gasteiger partial charge is 0.383 e. The van der Waals surface area contributed by atoms with Gasteiger partial charge in [-0.3, -0.25) is 4.90 Å². The highest BCUT2D eigenvalue weighted by Gasteiger charge is 2.27. The summed E-state index contributed by atoms with van der Waals surface area (Å²) in [5.74, 6) is 0. The number of likely N-dealkylation sites (tertiary alicyclic amines) is 1. The second-order valence-corrected chi connectivity index (χ2v) is 5.81. The summed E-state index contributed by atoms with van der Waals surface area (Å²) in [5, 5.41) is 3.65. The Morgan fingerprint density at radius 1 is 1.17 bits per heavy atom. The summed E-state index contributed by atoms with van der Waals surface area (Å²) in [4.78, 5) is 2.74. The molecule has 2 heterocycles. The Kier molecular flexibility index (Phi) is 3.55. The van der Waals surface area contributed by atoms with Crippen molar-refractivity contribution < 1.29 is 0 Å². The van der Waals surface area contributed by atoms with E-state index in [1.165, 1.54) is 49.9 Å². The minimum Gasteiger partial charge on any atom is -0.383 e. The number of hydrogen-bond acceptors (Lipinski definition) is 2. The number of nitrogens with one attached hydrogen (secondary N) is 1. The molecule has 0 saturated carbocycles. The zero-order chi connectivity index (χ0) is 12.4. The number of hydrogen-bond donors (Lipinski definition) is 1. The molecule has 1 fully saturated rings. The van der Waals surface area contributed by atoms with Gasteiger partial charge in [0.15, 0.2) is 0 Å². The average Bonchev–Trinajstić information content (AvgIpc) is 2.62. The van der Waals surface area contributed by atoms with E-state index in [9.17, 15) is 0 Å². The van der Waals surface area contributed by atoms with Crippen LogP contribution >= 0.6 is 0 Å². The first kappa shape index (κ1) is 12.0. The molecule has 3 rings (SSSR count). The topological polar surface area (TPSA) is 15.3 Å². The summed E-state index contributed by atoms with van der Waals surface area (Å²) in [6.07, 6.45) is 6.70. The number of nitrogens with zero attached hydrogens (tertiary/aromatic N) is 1. The predicted octanol–water partition coefficient (Wildman–Crippen LogP) is 3.29. The average molecular weight is 244 g/mol. The first-order chi connectivity index (χ1) is 8.84. The minimum atomic E-state index is 0.715. The van der Waals surface area contributed by atoms with Crippen molar-refractivity contribution in [3.8, 4) is 0 Å². The van der Waals surface area contributed by atoms with Crippen LogP contribution in [0.5, 0.6) is 0 Å². The van der Waals surface area contributed by atoms with Gasteiger partial charge in [-0.2, -0.15) is 0 Å². The molecule has 2 nitrogen and oxygen atoms in total. The molecular weight excluding hydrogens is 220 g/mol. The maximum atomic E-state index is 3.65. The van der Waals surface area contributed by atoms with Crippen LogP contribution in [0.25, 0.3) is 0 Å². The molecule has 0 amide bonds. The van der Waals surface area contributed by atoms with E-state index in [0.717, 1.165) is 12.6 Å². The molecule has 2 heteroatoms. The quantitative estimate of drug-likeness (QED) is 0.815. The highest BCUT2D eigenvalue weighted by atomic mass is 15.2. The molecule has 1 N–H and O–H groups in total. The van der Waals surface area contributed by atoms with Crippen LogP contribution in [-0.4, -0.2) is 30.1 Å². The first-order valence-electron chi connectivity index (χ1n) is 7.42.